The number of rotatable bonds is 6. The molecule has 2 fully saturated rings. The topological polar surface area (TPSA) is 62.7 Å². The predicted octanol–water partition coefficient (Wildman–Crippen LogP) is 3.09. The minimum Gasteiger partial charge on any atom is -0.339 e. The van der Waals surface area contributed by atoms with Crippen LogP contribution in [0.5, 0.6) is 0 Å². The number of carbonyl (C=O) groups is 2. The summed E-state index contributed by atoms with van der Waals surface area (Å²) in [7, 11) is 3.31. The molecule has 3 aliphatic heterocycles. The second-order valence-electron chi connectivity index (χ2n) is 10.5. The molecule has 196 valence electrons. The number of amidine groups is 1. The van der Waals surface area contributed by atoms with Gasteiger partial charge in [-0.3, -0.25) is 19.5 Å². The summed E-state index contributed by atoms with van der Waals surface area (Å²) in [6, 6.07) is 24.4. The Hall–Kier alpha value is -3.75. The van der Waals surface area contributed by atoms with Crippen LogP contribution in [0.15, 0.2) is 77.8 Å². The summed E-state index contributed by atoms with van der Waals surface area (Å²) in [6.07, 6.45) is -0.504. The van der Waals surface area contributed by atoms with Crippen molar-refractivity contribution in [3.63, 3.8) is 0 Å². The highest BCUT2D eigenvalue weighted by atomic mass is 16.2. The summed E-state index contributed by atoms with van der Waals surface area (Å²) in [6.45, 7) is 6.03. The van der Waals surface area contributed by atoms with Gasteiger partial charge in [-0.25, -0.2) is 9.79 Å². The van der Waals surface area contributed by atoms with E-state index in [1.165, 1.54) is 21.2 Å². The molecule has 0 radical (unpaired) electrons. The molecule has 0 N–H and O–H groups in total. The molecule has 3 aliphatic rings. The molecule has 8 nitrogen and oxygen atoms in total. The zero-order valence-electron chi connectivity index (χ0n) is 22.0. The van der Waals surface area contributed by atoms with Crippen LogP contribution in [0.2, 0.25) is 0 Å². The van der Waals surface area contributed by atoms with Gasteiger partial charge in [0.1, 0.15) is 5.84 Å². The zero-order chi connectivity index (χ0) is 26.2. The van der Waals surface area contributed by atoms with Crippen LogP contribution in [0.4, 0.5) is 4.79 Å². The molecule has 38 heavy (non-hydrogen) atoms. The number of benzene rings is 3. The maximum absolute atomic E-state index is 13.4. The summed E-state index contributed by atoms with van der Waals surface area (Å²) in [5.41, 5.74) is 2.49. The monoisotopic (exact) mass is 510 g/mol. The largest absolute Gasteiger partial charge is 0.339 e. The van der Waals surface area contributed by atoms with Gasteiger partial charge >= 0.3 is 6.03 Å². The first-order valence-corrected chi connectivity index (χ1v) is 13.3. The van der Waals surface area contributed by atoms with Crippen molar-refractivity contribution in [2.45, 2.75) is 25.3 Å². The van der Waals surface area contributed by atoms with E-state index in [0.29, 0.717) is 13.1 Å². The summed E-state index contributed by atoms with van der Waals surface area (Å²) < 4.78 is 0. The van der Waals surface area contributed by atoms with E-state index in [0.717, 1.165) is 44.1 Å². The van der Waals surface area contributed by atoms with E-state index in [1.54, 1.807) is 19.0 Å². The fourth-order valence-electron chi connectivity index (χ4n) is 5.90. The van der Waals surface area contributed by atoms with Gasteiger partial charge in [-0.15, -0.1) is 0 Å². The number of piperazine rings is 1. The second kappa shape index (κ2) is 10.2. The minimum atomic E-state index is -0.518. The molecule has 0 aromatic heterocycles. The molecule has 3 aromatic carbocycles. The van der Waals surface area contributed by atoms with E-state index >= 15 is 0 Å². The van der Waals surface area contributed by atoms with E-state index in [4.69, 9.17) is 4.99 Å². The predicted molar refractivity (Wildman–Crippen MR) is 149 cm³/mol. The number of carbonyl (C=O) groups excluding carboxylic acids is 2. The second-order valence-corrected chi connectivity index (χ2v) is 10.5. The lowest BCUT2D eigenvalue weighted by atomic mass is 10.0. The lowest BCUT2D eigenvalue weighted by Gasteiger charge is -2.41. The van der Waals surface area contributed by atoms with Gasteiger partial charge in [-0.05, 0) is 21.9 Å². The van der Waals surface area contributed by atoms with Crippen molar-refractivity contribution in [3.05, 3.63) is 83.9 Å². The van der Waals surface area contributed by atoms with E-state index in [-0.39, 0.29) is 11.9 Å². The van der Waals surface area contributed by atoms with Gasteiger partial charge in [-0.1, -0.05) is 72.8 Å². The molecule has 0 aliphatic carbocycles. The Morgan fingerprint density at radius 1 is 0.763 bits per heavy atom. The molecule has 3 aromatic rings. The fraction of sp³-hybridized carbons (Fsp3) is 0.367. The highest BCUT2D eigenvalue weighted by Gasteiger charge is 2.51. The minimum absolute atomic E-state index is 0.190. The molecule has 2 unspecified atom stereocenters. The zero-order valence-corrected chi connectivity index (χ0v) is 22.0. The number of nitrogens with zero attached hydrogens (tertiary/aromatic N) is 6. The number of amides is 3. The van der Waals surface area contributed by atoms with Crippen LogP contribution >= 0.6 is 0 Å². The quantitative estimate of drug-likeness (QED) is 0.510. The molecule has 3 amide bonds. The smallest absolute Gasteiger partial charge is 0.328 e. The first-order valence-electron chi connectivity index (χ1n) is 13.3. The average molecular weight is 511 g/mol. The Balaban J connectivity index is 1.23. The molecule has 2 atom stereocenters. The Morgan fingerprint density at radius 2 is 1.42 bits per heavy atom. The molecule has 0 spiro atoms. The standard InChI is InChI=1S/C30H34N6O2/c1-32-28-27(29(37)33(2)30(32)38)36(20-24-13-8-12-23-11-6-7-14-25(23)24)26(31-28)21-35-17-15-34(16-18-35)19-22-9-4-3-5-10-22/h3-14,27-28H,15-21H2,1-2H3. The molecule has 3 heterocycles. The number of hydrogen-bond acceptors (Lipinski definition) is 6. The molecular weight excluding hydrogens is 476 g/mol. The van der Waals surface area contributed by atoms with Gasteiger partial charge in [0.2, 0.25) is 0 Å². The van der Waals surface area contributed by atoms with Crippen LogP contribution in [0.1, 0.15) is 11.1 Å². The van der Waals surface area contributed by atoms with Crippen LogP contribution in [-0.4, -0.2) is 101 Å². The summed E-state index contributed by atoms with van der Waals surface area (Å²) in [5.74, 6) is 0.692. The van der Waals surface area contributed by atoms with Gasteiger partial charge in [0.25, 0.3) is 5.91 Å². The Labute approximate surface area is 223 Å². The summed E-state index contributed by atoms with van der Waals surface area (Å²) in [4.78, 5) is 41.1. The maximum Gasteiger partial charge on any atom is 0.328 e. The number of aliphatic imine (C=N–C) groups is 1. The molecule has 0 bridgehead atoms. The number of urea groups is 1. The van der Waals surface area contributed by atoms with Crippen LogP contribution in [0.3, 0.4) is 0 Å². The highest BCUT2D eigenvalue weighted by Crippen LogP contribution is 2.30. The van der Waals surface area contributed by atoms with Gasteiger partial charge in [0.15, 0.2) is 12.2 Å². The van der Waals surface area contributed by atoms with Crippen molar-refractivity contribution in [2.24, 2.45) is 4.99 Å². The summed E-state index contributed by atoms with van der Waals surface area (Å²) >= 11 is 0. The lowest BCUT2D eigenvalue weighted by Crippen LogP contribution is -2.64. The third-order valence-corrected chi connectivity index (χ3v) is 8.10. The third kappa shape index (κ3) is 4.54. The van der Waals surface area contributed by atoms with Crippen LogP contribution in [0.25, 0.3) is 10.8 Å². The van der Waals surface area contributed by atoms with Crippen molar-refractivity contribution in [2.75, 3.05) is 46.8 Å². The highest BCUT2D eigenvalue weighted by molar-refractivity contribution is 6.04. The number of hydrogen-bond donors (Lipinski definition) is 0. The van der Waals surface area contributed by atoms with Crippen molar-refractivity contribution in [1.29, 1.82) is 0 Å². The third-order valence-electron chi connectivity index (χ3n) is 8.10. The van der Waals surface area contributed by atoms with Crippen molar-refractivity contribution in [1.82, 2.24) is 24.5 Å². The Bertz CT molecular complexity index is 1360. The van der Waals surface area contributed by atoms with Crippen molar-refractivity contribution >= 4 is 28.5 Å². The van der Waals surface area contributed by atoms with Gasteiger partial charge in [0, 0.05) is 53.4 Å². The molecule has 6 rings (SSSR count). The first-order chi connectivity index (χ1) is 18.5. The number of imide groups is 1. The molecule has 0 saturated carbocycles. The lowest BCUT2D eigenvalue weighted by molar-refractivity contribution is -0.136. The fourth-order valence-corrected chi connectivity index (χ4v) is 5.90. The van der Waals surface area contributed by atoms with Crippen LogP contribution in [0, 0.1) is 0 Å². The molecule has 8 heteroatoms. The average Bonchev–Trinajstić information content (AvgIpc) is 3.30. The van der Waals surface area contributed by atoms with Crippen molar-refractivity contribution in [3.8, 4) is 0 Å². The van der Waals surface area contributed by atoms with Crippen LogP contribution in [-0.2, 0) is 17.9 Å². The number of fused-ring (bicyclic) bond motifs is 2. The normalized spacial score (nSPS) is 22.8. The number of likely N-dealkylation sites (N-methyl/N-ethyl adjacent to an activating group) is 2. The Kier molecular flexibility index (Phi) is 6.59. The van der Waals surface area contributed by atoms with Crippen molar-refractivity contribution < 1.29 is 9.59 Å². The SMILES string of the molecule is CN1C(=O)C2C(N=C(CN3CCN(Cc4ccccc4)CC3)N2Cc2cccc3ccccc23)N(C)C1=O. The van der Waals surface area contributed by atoms with E-state index in [2.05, 4.69) is 81.4 Å². The van der Waals surface area contributed by atoms with E-state index in [9.17, 15) is 9.59 Å². The van der Waals surface area contributed by atoms with Crippen LogP contribution < -0.4 is 0 Å². The maximum atomic E-state index is 13.4. The van der Waals surface area contributed by atoms with E-state index < -0.39 is 12.2 Å². The Morgan fingerprint density at radius 3 is 2.18 bits per heavy atom. The van der Waals surface area contributed by atoms with Gasteiger partial charge < -0.3 is 9.80 Å². The van der Waals surface area contributed by atoms with E-state index in [1.807, 2.05) is 6.07 Å². The first kappa shape index (κ1) is 24.6. The van der Waals surface area contributed by atoms with Gasteiger partial charge in [0.05, 0.1) is 6.54 Å². The molecular formula is C30H34N6O2. The molecule has 2 saturated heterocycles. The van der Waals surface area contributed by atoms with Gasteiger partial charge in [-0.2, -0.15) is 0 Å². The summed E-state index contributed by atoms with van der Waals surface area (Å²) in [5, 5.41) is 2.35.